The van der Waals surface area contributed by atoms with Gasteiger partial charge in [0.1, 0.15) is 0 Å². The third-order valence-corrected chi connectivity index (χ3v) is 4.07. The standard InChI is InChI=1S/C7H2Br2ClNS/c8-3-1-5-6(2-4(3)10)12-7(9)11-5/h1-2H. The maximum absolute atomic E-state index is 5.91. The molecule has 62 valence electrons. The molecule has 0 saturated heterocycles. The maximum Gasteiger partial charge on any atom is 0.160 e. The molecule has 0 radical (unpaired) electrons. The van der Waals surface area contributed by atoms with E-state index in [0.29, 0.717) is 0 Å². The Kier molecular flexibility index (Phi) is 2.42. The highest BCUT2D eigenvalue weighted by molar-refractivity contribution is 9.11. The Morgan fingerprint density at radius 1 is 1.33 bits per heavy atom. The highest BCUT2D eigenvalue weighted by Crippen LogP contribution is 2.32. The average Bonchev–Trinajstić information content (AvgIpc) is 2.30. The van der Waals surface area contributed by atoms with E-state index in [2.05, 4.69) is 36.8 Å². The van der Waals surface area contributed by atoms with Gasteiger partial charge in [-0.25, -0.2) is 4.98 Å². The number of thiazole rings is 1. The monoisotopic (exact) mass is 325 g/mol. The van der Waals surface area contributed by atoms with Gasteiger partial charge in [-0.15, -0.1) is 11.3 Å². The zero-order chi connectivity index (χ0) is 8.72. The zero-order valence-corrected chi connectivity index (χ0v) is 10.4. The number of fused-ring (bicyclic) bond motifs is 1. The van der Waals surface area contributed by atoms with E-state index in [1.165, 1.54) is 0 Å². The fourth-order valence-corrected chi connectivity index (χ4v) is 2.88. The molecule has 0 spiro atoms. The third-order valence-electron chi connectivity index (χ3n) is 1.40. The van der Waals surface area contributed by atoms with Crippen LogP contribution in [0, 0.1) is 0 Å². The molecule has 2 rings (SSSR count). The number of nitrogens with zero attached hydrogens (tertiary/aromatic N) is 1. The van der Waals surface area contributed by atoms with Gasteiger partial charge in [0.2, 0.25) is 0 Å². The van der Waals surface area contributed by atoms with Crippen molar-refractivity contribution in [3.63, 3.8) is 0 Å². The van der Waals surface area contributed by atoms with E-state index in [1.54, 1.807) is 11.3 Å². The van der Waals surface area contributed by atoms with Crippen molar-refractivity contribution in [2.75, 3.05) is 0 Å². The van der Waals surface area contributed by atoms with Gasteiger partial charge in [0.15, 0.2) is 3.92 Å². The highest BCUT2D eigenvalue weighted by Gasteiger charge is 2.04. The fraction of sp³-hybridized carbons (Fsp3) is 0. The van der Waals surface area contributed by atoms with Crippen LogP contribution in [0.2, 0.25) is 5.02 Å². The lowest BCUT2D eigenvalue weighted by atomic mass is 10.3. The Morgan fingerprint density at radius 2 is 2.08 bits per heavy atom. The summed E-state index contributed by atoms with van der Waals surface area (Å²) in [5.41, 5.74) is 0.961. The third kappa shape index (κ3) is 1.53. The molecule has 0 atom stereocenters. The molecular weight excluding hydrogens is 325 g/mol. The van der Waals surface area contributed by atoms with E-state index in [-0.39, 0.29) is 0 Å². The first kappa shape index (κ1) is 8.94. The van der Waals surface area contributed by atoms with Gasteiger partial charge in [-0.3, -0.25) is 0 Å². The van der Waals surface area contributed by atoms with E-state index in [4.69, 9.17) is 11.6 Å². The second kappa shape index (κ2) is 3.25. The number of hydrogen-bond donors (Lipinski definition) is 0. The Balaban J connectivity index is 2.83. The first-order valence-electron chi connectivity index (χ1n) is 3.08. The molecule has 2 aromatic rings. The zero-order valence-electron chi connectivity index (χ0n) is 5.64. The molecule has 1 aromatic carbocycles. The molecule has 0 amide bonds. The molecule has 0 unspecified atom stereocenters. The normalized spacial score (nSPS) is 10.9. The Labute approximate surface area is 95.0 Å². The number of benzene rings is 1. The molecule has 0 fully saturated rings. The van der Waals surface area contributed by atoms with Gasteiger partial charge < -0.3 is 0 Å². The van der Waals surface area contributed by atoms with Crippen LogP contribution in [0.1, 0.15) is 0 Å². The van der Waals surface area contributed by atoms with Crippen LogP contribution in [-0.2, 0) is 0 Å². The van der Waals surface area contributed by atoms with Crippen LogP contribution in [0.4, 0.5) is 0 Å². The van der Waals surface area contributed by atoms with Gasteiger partial charge in [-0.05, 0) is 44.0 Å². The molecule has 5 heteroatoms. The first-order valence-corrected chi connectivity index (χ1v) is 5.86. The molecule has 0 aliphatic carbocycles. The van der Waals surface area contributed by atoms with E-state index in [0.717, 1.165) is 23.6 Å². The summed E-state index contributed by atoms with van der Waals surface area (Å²) in [5, 5.41) is 0.721. The molecule has 0 bridgehead atoms. The van der Waals surface area contributed by atoms with E-state index >= 15 is 0 Å². The van der Waals surface area contributed by atoms with E-state index in [9.17, 15) is 0 Å². The van der Waals surface area contributed by atoms with E-state index < -0.39 is 0 Å². The summed E-state index contributed by atoms with van der Waals surface area (Å²) in [6, 6.07) is 3.82. The lowest BCUT2D eigenvalue weighted by molar-refractivity contribution is 1.45. The topological polar surface area (TPSA) is 12.9 Å². The Hall–Kier alpha value is 0.360. The fourth-order valence-electron chi connectivity index (χ4n) is 0.895. The Bertz CT molecular complexity index is 401. The summed E-state index contributed by atoms with van der Waals surface area (Å²) in [6.07, 6.45) is 0. The van der Waals surface area contributed by atoms with Crippen molar-refractivity contribution < 1.29 is 0 Å². The summed E-state index contributed by atoms with van der Waals surface area (Å²) >= 11 is 14.2. The van der Waals surface area contributed by atoms with Crippen LogP contribution < -0.4 is 0 Å². The molecule has 1 aromatic heterocycles. The lowest BCUT2D eigenvalue weighted by Crippen LogP contribution is -1.70. The molecular formula is C7H2Br2ClNS. The number of hydrogen-bond acceptors (Lipinski definition) is 2. The maximum atomic E-state index is 5.91. The summed E-state index contributed by atoms with van der Waals surface area (Å²) in [4.78, 5) is 4.26. The van der Waals surface area contributed by atoms with Gasteiger partial charge in [-0.1, -0.05) is 11.6 Å². The van der Waals surface area contributed by atoms with Gasteiger partial charge >= 0.3 is 0 Å². The van der Waals surface area contributed by atoms with Crippen LogP contribution in [0.25, 0.3) is 10.2 Å². The van der Waals surface area contributed by atoms with Crippen molar-refractivity contribution in [1.82, 2.24) is 4.98 Å². The van der Waals surface area contributed by atoms with Crippen LogP contribution in [0.3, 0.4) is 0 Å². The molecule has 0 saturated carbocycles. The van der Waals surface area contributed by atoms with Crippen molar-refractivity contribution in [2.24, 2.45) is 0 Å². The average molecular weight is 327 g/mol. The smallest absolute Gasteiger partial charge is 0.160 e. The summed E-state index contributed by atoms with van der Waals surface area (Å²) in [7, 11) is 0. The predicted octanol–water partition coefficient (Wildman–Crippen LogP) is 4.47. The van der Waals surface area contributed by atoms with Gasteiger partial charge in [0.25, 0.3) is 0 Å². The van der Waals surface area contributed by atoms with Crippen LogP contribution >= 0.6 is 54.8 Å². The molecule has 0 aliphatic heterocycles. The molecule has 0 N–H and O–H groups in total. The summed E-state index contributed by atoms with van der Waals surface area (Å²) < 4.78 is 2.86. The minimum atomic E-state index is 0.721. The molecule has 1 heterocycles. The van der Waals surface area contributed by atoms with Crippen molar-refractivity contribution in [3.8, 4) is 0 Å². The SMILES string of the molecule is Clc1cc2sc(Br)nc2cc1Br. The van der Waals surface area contributed by atoms with Crippen molar-refractivity contribution in [2.45, 2.75) is 0 Å². The number of aromatic nitrogens is 1. The molecule has 12 heavy (non-hydrogen) atoms. The van der Waals surface area contributed by atoms with Crippen LogP contribution in [0.5, 0.6) is 0 Å². The van der Waals surface area contributed by atoms with Gasteiger partial charge in [-0.2, -0.15) is 0 Å². The highest BCUT2D eigenvalue weighted by atomic mass is 79.9. The lowest BCUT2D eigenvalue weighted by Gasteiger charge is -1.93. The summed E-state index contributed by atoms with van der Waals surface area (Å²) in [5.74, 6) is 0. The molecule has 0 aliphatic rings. The number of rotatable bonds is 0. The van der Waals surface area contributed by atoms with Crippen LogP contribution in [0.15, 0.2) is 20.5 Å². The largest absolute Gasteiger partial charge is 0.229 e. The number of halogens is 3. The van der Waals surface area contributed by atoms with Crippen molar-refractivity contribution >= 4 is 65.0 Å². The van der Waals surface area contributed by atoms with Crippen molar-refractivity contribution in [1.29, 1.82) is 0 Å². The van der Waals surface area contributed by atoms with Gasteiger partial charge in [0, 0.05) is 4.47 Å². The molecule has 1 nitrogen and oxygen atoms in total. The van der Waals surface area contributed by atoms with E-state index in [1.807, 2.05) is 12.1 Å². The van der Waals surface area contributed by atoms with Crippen molar-refractivity contribution in [3.05, 3.63) is 25.5 Å². The second-order valence-corrected chi connectivity index (χ2v) is 5.77. The first-order chi connectivity index (χ1) is 5.66. The quantitative estimate of drug-likeness (QED) is 0.695. The minimum absolute atomic E-state index is 0.721. The predicted molar refractivity (Wildman–Crippen MR) is 60.0 cm³/mol. The van der Waals surface area contributed by atoms with Gasteiger partial charge in [0.05, 0.1) is 15.2 Å². The minimum Gasteiger partial charge on any atom is -0.229 e. The summed E-state index contributed by atoms with van der Waals surface area (Å²) in [6.45, 7) is 0. The Morgan fingerprint density at radius 3 is 2.83 bits per heavy atom. The second-order valence-electron chi connectivity index (χ2n) is 2.20. The van der Waals surface area contributed by atoms with Crippen LogP contribution in [-0.4, -0.2) is 4.98 Å².